The van der Waals surface area contributed by atoms with Crippen molar-refractivity contribution in [1.29, 1.82) is 0 Å². The molecule has 2 unspecified atom stereocenters. The van der Waals surface area contributed by atoms with Crippen LogP contribution in [0.3, 0.4) is 0 Å². The van der Waals surface area contributed by atoms with E-state index in [1.165, 1.54) is 5.56 Å². The number of hydrogen-bond donors (Lipinski definition) is 0. The van der Waals surface area contributed by atoms with Crippen molar-refractivity contribution >= 4 is 27.5 Å². The largest absolute Gasteiger partial charge is 0.297 e. The van der Waals surface area contributed by atoms with Gasteiger partial charge in [-0.05, 0) is 33.5 Å². The van der Waals surface area contributed by atoms with E-state index >= 15 is 0 Å². The van der Waals surface area contributed by atoms with Crippen LogP contribution < -0.4 is 0 Å². The second kappa shape index (κ2) is 4.81. The van der Waals surface area contributed by atoms with Crippen LogP contribution in [0.5, 0.6) is 0 Å². The van der Waals surface area contributed by atoms with Gasteiger partial charge in [0.15, 0.2) is 0 Å². The Bertz CT molecular complexity index is 335. The van der Waals surface area contributed by atoms with Gasteiger partial charge >= 0.3 is 0 Å². The number of alkyl halides is 1. The third-order valence-corrected chi connectivity index (χ3v) is 3.77. The highest BCUT2D eigenvalue weighted by Crippen LogP contribution is 2.23. The van der Waals surface area contributed by atoms with Gasteiger partial charge in [-0.2, -0.15) is 0 Å². The maximum atomic E-state index is 6.19. The van der Waals surface area contributed by atoms with Crippen molar-refractivity contribution in [2.45, 2.75) is 18.8 Å². The average molecular weight is 290 g/mol. The maximum Gasteiger partial charge on any atom is 0.0501 e. The predicted molar refractivity (Wildman–Crippen MR) is 66.0 cm³/mol. The molecule has 1 saturated heterocycles. The highest BCUT2D eigenvalue weighted by Gasteiger charge is 2.27. The molecule has 0 amide bonds. The molecule has 0 aliphatic carbocycles. The number of hydrogen-bond acceptors (Lipinski definition) is 2. The average Bonchev–Trinajstić information content (AvgIpc) is 2.45. The minimum atomic E-state index is 0.296. The molecule has 0 saturated carbocycles. The van der Waals surface area contributed by atoms with Gasteiger partial charge in [0.25, 0.3) is 0 Å². The summed E-state index contributed by atoms with van der Waals surface area (Å²) in [5.41, 5.74) is 1.24. The summed E-state index contributed by atoms with van der Waals surface area (Å²) in [6, 6.07) is 2.11. The van der Waals surface area contributed by atoms with Crippen molar-refractivity contribution in [3.8, 4) is 0 Å². The van der Waals surface area contributed by atoms with E-state index in [0.29, 0.717) is 11.3 Å². The van der Waals surface area contributed by atoms with E-state index in [-0.39, 0.29) is 0 Å². The van der Waals surface area contributed by atoms with Crippen LogP contribution in [0.1, 0.15) is 12.5 Å². The molecule has 0 radical (unpaired) electrons. The lowest BCUT2D eigenvalue weighted by Gasteiger charge is -2.14. The molecule has 1 aromatic heterocycles. The lowest BCUT2D eigenvalue weighted by atomic mass is 10.1. The molecule has 2 atom stereocenters. The first-order valence-electron chi connectivity index (χ1n) is 5.11. The Hall–Kier alpha value is -0.120. The van der Waals surface area contributed by atoms with Gasteiger partial charge < -0.3 is 0 Å². The zero-order valence-electron chi connectivity index (χ0n) is 8.66. The molecule has 0 aromatic carbocycles. The molecule has 1 aromatic rings. The predicted octanol–water partition coefficient (Wildman–Crippen LogP) is 2.90. The van der Waals surface area contributed by atoms with Gasteiger partial charge in [-0.3, -0.25) is 9.88 Å². The van der Waals surface area contributed by atoms with Gasteiger partial charge in [0, 0.05) is 36.5 Å². The maximum absolute atomic E-state index is 6.19. The van der Waals surface area contributed by atoms with Crippen molar-refractivity contribution < 1.29 is 0 Å². The molecule has 2 heterocycles. The molecule has 0 bridgehead atoms. The van der Waals surface area contributed by atoms with E-state index in [1.807, 2.05) is 6.20 Å². The van der Waals surface area contributed by atoms with Crippen LogP contribution in [0, 0.1) is 5.92 Å². The minimum absolute atomic E-state index is 0.296. The summed E-state index contributed by atoms with van der Waals surface area (Å²) in [6.07, 6.45) is 3.72. The number of rotatable bonds is 2. The molecule has 1 fully saturated rings. The van der Waals surface area contributed by atoms with E-state index in [1.54, 1.807) is 6.20 Å². The van der Waals surface area contributed by atoms with Crippen molar-refractivity contribution in [3.63, 3.8) is 0 Å². The van der Waals surface area contributed by atoms with Crippen LogP contribution >= 0.6 is 27.5 Å². The first-order valence-corrected chi connectivity index (χ1v) is 6.34. The number of aromatic nitrogens is 1. The Morgan fingerprint density at radius 1 is 1.53 bits per heavy atom. The monoisotopic (exact) mass is 288 g/mol. The fourth-order valence-electron chi connectivity index (χ4n) is 1.95. The third kappa shape index (κ3) is 2.92. The summed E-state index contributed by atoms with van der Waals surface area (Å²) in [5, 5.41) is 0.296. The van der Waals surface area contributed by atoms with Crippen molar-refractivity contribution in [2.24, 2.45) is 5.92 Å². The summed E-state index contributed by atoms with van der Waals surface area (Å²) < 4.78 is 1.04. The number of pyridine rings is 1. The Balaban J connectivity index is 1.98. The van der Waals surface area contributed by atoms with E-state index in [0.717, 1.165) is 24.1 Å². The van der Waals surface area contributed by atoms with Gasteiger partial charge in [-0.1, -0.05) is 6.92 Å². The van der Waals surface area contributed by atoms with Crippen LogP contribution in [0.15, 0.2) is 22.9 Å². The fraction of sp³-hybridized carbons (Fsp3) is 0.545. The third-order valence-electron chi connectivity index (χ3n) is 2.76. The molecule has 15 heavy (non-hydrogen) atoms. The van der Waals surface area contributed by atoms with Gasteiger partial charge in [0.1, 0.15) is 0 Å². The Labute approximate surface area is 104 Å². The first-order chi connectivity index (χ1) is 7.15. The van der Waals surface area contributed by atoms with Gasteiger partial charge in [-0.15, -0.1) is 11.6 Å². The molecule has 2 nitrogen and oxygen atoms in total. The fourth-order valence-corrected chi connectivity index (χ4v) is 2.64. The minimum Gasteiger partial charge on any atom is -0.297 e. The summed E-state index contributed by atoms with van der Waals surface area (Å²) >= 11 is 9.62. The summed E-state index contributed by atoms with van der Waals surface area (Å²) in [4.78, 5) is 6.54. The van der Waals surface area contributed by atoms with E-state index < -0.39 is 0 Å². The van der Waals surface area contributed by atoms with Crippen molar-refractivity contribution in [2.75, 3.05) is 13.1 Å². The quantitative estimate of drug-likeness (QED) is 0.778. The lowest BCUT2D eigenvalue weighted by molar-refractivity contribution is 0.320. The summed E-state index contributed by atoms with van der Waals surface area (Å²) in [6.45, 7) is 5.22. The first kappa shape index (κ1) is 11.4. The Morgan fingerprint density at radius 3 is 2.93 bits per heavy atom. The second-order valence-electron chi connectivity index (χ2n) is 4.20. The smallest absolute Gasteiger partial charge is 0.0501 e. The van der Waals surface area contributed by atoms with Crippen LogP contribution in [0.2, 0.25) is 0 Å². The highest BCUT2D eigenvalue weighted by molar-refractivity contribution is 9.10. The topological polar surface area (TPSA) is 16.1 Å². The molecule has 0 N–H and O–H groups in total. The summed E-state index contributed by atoms with van der Waals surface area (Å²) in [5.74, 6) is 0.590. The normalized spacial score (nSPS) is 27.1. The molecule has 1 aliphatic rings. The molecule has 2 rings (SSSR count). The highest BCUT2D eigenvalue weighted by atomic mass is 79.9. The number of halogens is 2. The second-order valence-corrected chi connectivity index (χ2v) is 5.68. The van der Waals surface area contributed by atoms with Gasteiger partial charge in [0.2, 0.25) is 0 Å². The summed E-state index contributed by atoms with van der Waals surface area (Å²) in [7, 11) is 0. The Morgan fingerprint density at radius 2 is 2.33 bits per heavy atom. The van der Waals surface area contributed by atoms with Crippen LogP contribution in [-0.4, -0.2) is 28.4 Å². The SMILES string of the molecule is CC1CN(Cc2cncc(Br)c2)CC1Cl. The number of nitrogens with zero attached hydrogens (tertiary/aromatic N) is 2. The van der Waals surface area contributed by atoms with Crippen molar-refractivity contribution in [3.05, 3.63) is 28.5 Å². The molecular formula is C11H14BrClN2. The molecule has 4 heteroatoms. The lowest BCUT2D eigenvalue weighted by Crippen LogP contribution is -2.20. The standard InChI is InChI=1S/C11H14BrClN2/c1-8-5-15(7-11(8)13)6-9-2-10(12)4-14-3-9/h2-4,8,11H,5-7H2,1H3. The van der Waals surface area contributed by atoms with Crippen LogP contribution in [0.4, 0.5) is 0 Å². The molecular weight excluding hydrogens is 275 g/mol. The van der Waals surface area contributed by atoms with E-state index in [2.05, 4.69) is 38.8 Å². The van der Waals surface area contributed by atoms with E-state index in [9.17, 15) is 0 Å². The van der Waals surface area contributed by atoms with Crippen LogP contribution in [0.25, 0.3) is 0 Å². The Kier molecular flexibility index (Phi) is 3.65. The zero-order chi connectivity index (χ0) is 10.8. The molecule has 0 spiro atoms. The molecule has 82 valence electrons. The van der Waals surface area contributed by atoms with E-state index in [4.69, 9.17) is 11.6 Å². The van der Waals surface area contributed by atoms with Crippen molar-refractivity contribution in [1.82, 2.24) is 9.88 Å². The number of likely N-dealkylation sites (tertiary alicyclic amines) is 1. The molecule has 1 aliphatic heterocycles. The zero-order valence-corrected chi connectivity index (χ0v) is 11.0. The van der Waals surface area contributed by atoms with Gasteiger partial charge in [-0.25, -0.2) is 0 Å². The van der Waals surface area contributed by atoms with Gasteiger partial charge in [0.05, 0.1) is 5.38 Å². The van der Waals surface area contributed by atoms with Crippen LogP contribution in [-0.2, 0) is 6.54 Å².